The number of nitrogens with zero attached hydrogens (tertiary/aromatic N) is 2. The molecule has 1 aromatic heterocycles. The van der Waals surface area contributed by atoms with Crippen molar-refractivity contribution in [3.05, 3.63) is 57.4 Å². The van der Waals surface area contributed by atoms with Gasteiger partial charge in [0.2, 0.25) is 0 Å². The lowest BCUT2D eigenvalue weighted by Crippen LogP contribution is -2.30. The molecule has 0 N–H and O–H groups in total. The molecule has 3 rings (SSSR count). The second-order valence-electron chi connectivity index (χ2n) is 6.52. The third-order valence-corrected chi connectivity index (χ3v) is 4.91. The van der Waals surface area contributed by atoms with Crippen LogP contribution in [0.5, 0.6) is 0 Å². The molecule has 2 unspecified atom stereocenters. The fourth-order valence-corrected chi connectivity index (χ4v) is 3.19. The molecule has 0 radical (unpaired) electrons. The highest BCUT2D eigenvalue weighted by atomic mass is 35.5. The highest BCUT2D eigenvalue weighted by Crippen LogP contribution is 2.29. The van der Waals surface area contributed by atoms with E-state index in [0.29, 0.717) is 12.8 Å². The molecule has 0 amide bonds. The molecule has 0 bridgehead atoms. The average molecular weight is 389 g/mol. The van der Waals surface area contributed by atoms with Crippen LogP contribution in [0.2, 0.25) is 5.02 Å². The first-order chi connectivity index (χ1) is 13.0. The van der Waals surface area contributed by atoms with Gasteiger partial charge in [0.1, 0.15) is 18.1 Å². The number of hydrogen-bond donors (Lipinski definition) is 0. The first-order valence-electron chi connectivity index (χ1n) is 9.03. The molecular weight excluding hydrogens is 367 g/mol. The van der Waals surface area contributed by atoms with Gasteiger partial charge in [0.05, 0.1) is 5.02 Å². The number of aliphatic imine (C=N–C) groups is 1. The molecule has 27 heavy (non-hydrogen) atoms. The molecule has 2 heterocycles. The number of halogens is 2. The van der Waals surface area contributed by atoms with Gasteiger partial charge in [-0.3, -0.25) is 9.79 Å². The van der Waals surface area contributed by atoms with E-state index in [-0.39, 0.29) is 22.6 Å². The minimum Gasteiger partial charge on any atom is -0.347 e. The zero-order valence-electron chi connectivity index (χ0n) is 15.2. The number of carbonyl (C=O) groups excluding carboxylic acids is 1. The Bertz CT molecular complexity index is 967. The van der Waals surface area contributed by atoms with Crippen molar-refractivity contribution in [1.29, 1.82) is 0 Å². The maximum atomic E-state index is 13.6. The van der Waals surface area contributed by atoms with Gasteiger partial charge in [-0.15, -0.1) is 0 Å². The predicted octanol–water partition coefficient (Wildman–Crippen LogP) is 3.86. The number of aromatic nitrogens is 1. The summed E-state index contributed by atoms with van der Waals surface area (Å²) in [6.07, 6.45) is 7.91. The maximum Gasteiger partial charge on any atom is 0.191 e. The van der Waals surface area contributed by atoms with Gasteiger partial charge < -0.3 is 9.30 Å². The van der Waals surface area contributed by atoms with Crippen LogP contribution < -0.4 is 10.6 Å². The molecule has 2 aromatic rings. The van der Waals surface area contributed by atoms with Crippen LogP contribution in [0.25, 0.3) is 12.8 Å². The molecule has 4 nitrogen and oxygen atoms in total. The molecule has 2 atom stereocenters. The molecule has 6 heteroatoms. The number of ether oxygens (including phenoxy) is 1. The van der Waals surface area contributed by atoms with Gasteiger partial charge in [0.25, 0.3) is 0 Å². The van der Waals surface area contributed by atoms with Crippen molar-refractivity contribution in [3.63, 3.8) is 0 Å². The Labute approximate surface area is 162 Å². The zero-order valence-corrected chi connectivity index (χ0v) is 16.0. The second kappa shape index (κ2) is 8.63. The Morgan fingerprint density at radius 1 is 1.44 bits per heavy atom. The Morgan fingerprint density at radius 3 is 3.00 bits per heavy atom. The quantitative estimate of drug-likeness (QED) is 0.557. The van der Waals surface area contributed by atoms with E-state index in [0.717, 1.165) is 29.5 Å². The zero-order chi connectivity index (χ0) is 19.4. The third-order valence-electron chi connectivity index (χ3n) is 4.60. The minimum atomic E-state index is -0.605. The number of ketones is 1. The molecular formula is C21H22ClFN2O2. The van der Waals surface area contributed by atoms with Gasteiger partial charge in [-0.1, -0.05) is 31.5 Å². The largest absolute Gasteiger partial charge is 0.347 e. The number of hydrogen-bond acceptors (Lipinski definition) is 3. The summed E-state index contributed by atoms with van der Waals surface area (Å²) in [5.41, 5.74) is 0.268. The van der Waals surface area contributed by atoms with Crippen LogP contribution in [0.15, 0.2) is 35.5 Å². The fourth-order valence-electron chi connectivity index (χ4n) is 3.07. The molecule has 0 spiro atoms. The SMILES string of the molecule is C=c1/c(=C\N=CCCC)ccn1C1CCC(C(=O)c2ccc(Cl)c(F)c2)O1. The first-order valence-corrected chi connectivity index (χ1v) is 9.41. The molecule has 0 aliphatic carbocycles. The van der Waals surface area contributed by atoms with Gasteiger partial charge in [0, 0.05) is 34.7 Å². The molecule has 1 aliphatic rings. The molecule has 142 valence electrons. The van der Waals surface area contributed by atoms with Crippen molar-refractivity contribution in [3.8, 4) is 0 Å². The van der Waals surface area contributed by atoms with E-state index in [1.165, 1.54) is 12.1 Å². The highest BCUT2D eigenvalue weighted by molar-refractivity contribution is 6.30. The number of unbranched alkanes of at least 4 members (excludes halogenated alkanes) is 1. The van der Waals surface area contributed by atoms with Crippen LogP contribution in [0.3, 0.4) is 0 Å². The Balaban J connectivity index is 1.73. The van der Waals surface area contributed by atoms with E-state index in [4.69, 9.17) is 16.3 Å². The summed E-state index contributed by atoms with van der Waals surface area (Å²) in [4.78, 5) is 16.9. The van der Waals surface area contributed by atoms with Crippen LogP contribution in [0.1, 0.15) is 49.2 Å². The Hall–Kier alpha value is -2.24. The van der Waals surface area contributed by atoms with Crippen molar-refractivity contribution in [2.24, 2.45) is 4.99 Å². The number of rotatable bonds is 6. The Morgan fingerprint density at radius 2 is 2.26 bits per heavy atom. The van der Waals surface area contributed by atoms with Crippen molar-refractivity contribution in [1.82, 2.24) is 4.57 Å². The third kappa shape index (κ3) is 4.37. The van der Waals surface area contributed by atoms with Gasteiger partial charge in [-0.2, -0.15) is 0 Å². The van der Waals surface area contributed by atoms with Gasteiger partial charge >= 0.3 is 0 Å². The second-order valence-corrected chi connectivity index (χ2v) is 6.93. The summed E-state index contributed by atoms with van der Waals surface area (Å²) in [5, 5.41) is 1.70. The van der Waals surface area contributed by atoms with Gasteiger partial charge in [-0.25, -0.2) is 4.39 Å². The van der Waals surface area contributed by atoms with Crippen molar-refractivity contribution < 1.29 is 13.9 Å². The van der Waals surface area contributed by atoms with Crippen LogP contribution in [-0.4, -0.2) is 22.7 Å². The molecule has 1 aliphatic heterocycles. The molecule has 1 fully saturated rings. The topological polar surface area (TPSA) is 43.6 Å². The molecule has 0 saturated carbocycles. The number of benzene rings is 1. The van der Waals surface area contributed by atoms with Crippen LogP contribution in [0.4, 0.5) is 4.39 Å². The summed E-state index contributed by atoms with van der Waals surface area (Å²) in [5.74, 6) is -0.840. The van der Waals surface area contributed by atoms with E-state index in [2.05, 4.69) is 18.5 Å². The van der Waals surface area contributed by atoms with E-state index >= 15 is 0 Å². The highest BCUT2D eigenvalue weighted by Gasteiger charge is 2.32. The first kappa shape index (κ1) is 19.5. The summed E-state index contributed by atoms with van der Waals surface area (Å²) in [7, 11) is 0. The van der Waals surface area contributed by atoms with Crippen LogP contribution in [-0.2, 0) is 4.74 Å². The van der Waals surface area contributed by atoms with Gasteiger partial charge in [0.15, 0.2) is 5.78 Å². The summed E-state index contributed by atoms with van der Waals surface area (Å²) in [6, 6.07) is 6.00. The van der Waals surface area contributed by atoms with Gasteiger partial charge in [-0.05, 0) is 43.5 Å². The lowest BCUT2D eigenvalue weighted by atomic mass is 10.0. The van der Waals surface area contributed by atoms with E-state index < -0.39 is 11.9 Å². The normalized spacial score (nSPS) is 20.6. The number of Topliss-reactive ketones (excluding diaryl/α,β-unsaturated/α-hetero) is 1. The predicted molar refractivity (Wildman–Crippen MR) is 106 cm³/mol. The van der Waals surface area contributed by atoms with Crippen molar-refractivity contribution in [2.75, 3.05) is 0 Å². The standard InChI is InChI=1S/C21H22ClFN2O2/c1-3-4-10-24-13-16-9-11-25(14(16)2)20-8-7-19(27-20)21(26)15-5-6-17(22)18(23)12-15/h5-6,9-13,19-20H,2-4,7-8H2,1H3/b16-13-,24-10?. The fraction of sp³-hybridized carbons (Fsp3) is 0.333. The maximum absolute atomic E-state index is 13.6. The number of carbonyl (C=O) groups is 1. The average Bonchev–Trinajstić information content (AvgIpc) is 3.27. The minimum absolute atomic E-state index is 0.00353. The van der Waals surface area contributed by atoms with Crippen molar-refractivity contribution >= 4 is 36.4 Å². The van der Waals surface area contributed by atoms with E-state index in [1.54, 1.807) is 6.20 Å². The smallest absolute Gasteiger partial charge is 0.191 e. The van der Waals surface area contributed by atoms with Crippen LogP contribution >= 0.6 is 11.6 Å². The summed E-state index contributed by atoms with van der Waals surface area (Å²) < 4.78 is 21.5. The van der Waals surface area contributed by atoms with Crippen LogP contribution in [0, 0.1) is 5.82 Å². The van der Waals surface area contributed by atoms with E-state index in [1.807, 2.05) is 23.0 Å². The monoisotopic (exact) mass is 388 g/mol. The van der Waals surface area contributed by atoms with Crippen molar-refractivity contribution in [2.45, 2.75) is 44.9 Å². The summed E-state index contributed by atoms with van der Waals surface area (Å²) >= 11 is 5.68. The lowest BCUT2D eigenvalue weighted by Gasteiger charge is -2.15. The lowest BCUT2D eigenvalue weighted by molar-refractivity contribution is 0.00615. The molecule has 1 aromatic carbocycles. The molecule has 1 saturated heterocycles. The summed E-state index contributed by atoms with van der Waals surface area (Å²) in [6.45, 7) is 6.20. The van der Waals surface area contributed by atoms with E-state index in [9.17, 15) is 9.18 Å². The Kier molecular flexibility index (Phi) is 6.24.